The number of hydrogen-bond acceptors (Lipinski definition) is 6. The van der Waals surface area contributed by atoms with E-state index in [9.17, 15) is 4.79 Å². The molecule has 0 bridgehead atoms. The molecule has 0 radical (unpaired) electrons. The fourth-order valence-corrected chi connectivity index (χ4v) is 4.00. The third kappa shape index (κ3) is 3.11. The lowest BCUT2D eigenvalue weighted by molar-refractivity contribution is -0.148. The van der Waals surface area contributed by atoms with Crippen molar-refractivity contribution in [1.82, 2.24) is 14.6 Å². The first-order valence-electron chi connectivity index (χ1n) is 8.56. The largest absolute Gasteiger partial charge is 0.466 e. The maximum Gasteiger partial charge on any atom is 0.310 e. The van der Waals surface area contributed by atoms with Gasteiger partial charge in [0, 0.05) is 25.5 Å². The summed E-state index contributed by atoms with van der Waals surface area (Å²) >= 11 is 1.67. The van der Waals surface area contributed by atoms with Crippen LogP contribution in [0.5, 0.6) is 0 Å². The molecular formula is C18H20N4O2S. The molecule has 0 N–H and O–H groups in total. The number of anilines is 1. The lowest BCUT2D eigenvalue weighted by Gasteiger charge is -2.32. The van der Waals surface area contributed by atoms with Crippen LogP contribution in [0.25, 0.3) is 16.1 Å². The van der Waals surface area contributed by atoms with Gasteiger partial charge in [0.1, 0.15) is 11.2 Å². The van der Waals surface area contributed by atoms with Crippen molar-refractivity contribution >= 4 is 28.6 Å². The van der Waals surface area contributed by atoms with Crippen molar-refractivity contribution in [3.05, 3.63) is 36.0 Å². The summed E-state index contributed by atoms with van der Waals surface area (Å²) in [6, 6.07) is 6.16. The fourth-order valence-electron chi connectivity index (χ4n) is 3.32. The molecule has 3 aromatic rings. The van der Waals surface area contributed by atoms with Gasteiger partial charge in [-0.3, -0.25) is 4.79 Å². The highest BCUT2D eigenvalue weighted by molar-refractivity contribution is 7.13. The van der Waals surface area contributed by atoms with Gasteiger partial charge in [0.2, 0.25) is 0 Å². The quantitative estimate of drug-likeness (QED) is 0.672. The number of carbonyl (C=O) groups is 1. The van der Waals surface area contributed by atoms with Crippen LogP contribution in [0.2, 0.25) is 0 Å². The van der Waals surface area contributed by atoms with Gasteiger partial charge in [0.05, 0.1) is 17.4 Å². The Bertz CT molecular complexity index is 874. The Labute approximate surface area is 150 Å². The minimum Gasteiger partial charge on any atom is -0.466 e. The fraction of sp³-hybridized carbons (Fsp3) is 0.389. The molecule has 6 nitrogen and oxygen atoms in total. The number of rotatable bonds is 4. The summed E-state index contributed by atoms with van der Waals surface area (Å²) < 4.78 is 7.07. The second-order valence-electron chi connectivity index (χ2n) is 6.12. The first-order chi connectivity index (χ1) is 12.3. The molecule has 1 aliphatic rings. The molecule has 130 valence electrons. The topological polar surface area (TPSA) is 59.7 Å². The maximum atomic E-state index is 12.1. The monoisotopic (exact) mass is 356 g/mol. The van der Waals surface area contributed by atoms with Gasteiger partial charge in [-0.2, -0.15) is 5.10 Å². The molecule has 1 atom stereocenters. The van der Waals surface area contributed by atoms with E-state index in [1.807, 2.05) is 29.1 Å². The van der Waals surface area contributed by atoms with E-state index >= 15 is 0 Å². The lowest BCUT2D eigenvalue weighted by Crippen LogP contribution is -2.40. The molecule has 4 heterocycles. The van der Waals surface area contributed by atoms with Crippen molar-refractivity contribution in [2.45, 2.75) is 19.8 Å². The van der Waals surface area contributed by atoms with Gasteiger partial charge >= 0.3 is 5.97 Å². The normalized spacial score (nSPS) is 17.8. The Balaban J connectivity index is 1.65. The van der Waals surface area contributed by atoms with E-state index in [1.165, 1.54) is 0 Å². The Hall–Kier alpha value is -2.41. The standard InChI is InChI=1S/C18H20N4O2S/c1-2-24-18(23)13-5-3-8-21(12-13)17-15-11-14(16-6-4-10-25-16)20-22(15)9-7-19-17/h4,6-7,9-11,13H,2-3,5,8,12H2,1H3. The smallest absolute Gasteiger partial charge is 0.310 e. The zero-order valence-corrected chi connectivity index (χ0v) is 14.9. The lowest BCUT2D eigenvalue weighted by atomic mass is 9.98. The Morgan fingerprint density at radius 2 is 2.40 bits per heavy atom. The highest BCUT2D eigenvalue weighted by Crippen LogP contribution is 2.30. The molecule has 0 aromatic carbocycles. The van der Waals surface area contributed by atoms with Gasteiger partial charge in [-0.1, -0.05) is 6.07 Å². The number of piperidine rings is 1. The maximum absolute atomic E-state index is 12.1. The number of aromatic nitrogens is 3. The number of ether oxygens (including phenoxy) is 1. The molecule has 4 rings (SSSR count). The molecule has 1 saturated heterocycles. The summed E-state index contributed by atoms with van der Waals surface area (Å²) in [4.78, 5) is 20.0. The number of nitrogens with zero attached hydrogens (tertiary/aromatic N) is 4. The zero-order chi connectivity index (χ0) is 17.2. The van der Waals surface area contributed by atoms with Crippen molar-refractivity contribution < 1.29 is 9.53 Å². The average molecular weight is 356 g/mol. The van der Waals surface area contributed by atoms with Crippen molar-refractivity contribution in [2.75, 3.05) is 24.6 Å². The van der Waals surface area contributed by atoms with E-state index in [2.05, 4.69) is 27.1 Å². The zero-order valence-electron chi connectivity index (χ0n) is 14.1. The van der Waals surface area contributed by atoms with E-state index in [1.54, 1.807) is 17.5 Å². The van der Waals surface area contributed by atoms with Crippen LogP contribution >= 0.6 is 11.3 Å². The number of thiophene rings is 1. The van der Waals surface area contributed by atoms with E-state index in [4.69, 9.17) is 4.74 Å². The molecule has 0 spiro atoms. The molecule has 1 aliphatic heterocycles. The first-order valence-corrected chi connectivity index (χ1v) is 9.44. The molecule has 3 aromatic heterocycles. The minimum atomic E-state index is -0.105. The van der Waals surface area contributed by atoms with E-state index in [0.717, 1.165) is 41.3 Å². The van der Waals surface area contributed by atoms with Crippen LogP contribution in [-0.2, 0) is 9.53 Å². The minimum absolute atomic E-state index is 0.0876. The Morgan fingerprint density at radius 1 is 1.48 bits per heavy atom. The van der Waals surface area contributed by atoms with Crippen molar-refractivity contribution in [2.24, 2.45) is 5.92 Å². The van der Waals surface area contributed by atoms with Crippen LogP contribution in [0.4, 0.5) is 5.82 Å². The number of fused-ring (bicyclic) bond motifs is 1. The third-order valence-corrected chi connectivity index (χ3v) is 5.38. The molecule has 0 aliphatic carbocycles. The Kier molecular flexibility index (Phi) is 4.40. The van der Waals surface area contributed by atoms with Gasteiger partial charge in [-0.25, -0.2) is 9.50 Å². The van der Waals surface area contributed by atoms with E-state index < -0.39 is 0 Å². The third-order valence-electron chi connectivity index (χ3n) is 4.48. The van der Waals surface area contributed by atoms with Crippen LogP contribution in [0.1, 0.15) is 19.8 Å². The van der Waals surface area contributed by atoms with Gasteiger partial charge in [0.15, 0.2) is 5.82 Å². The predicted octanol–water partition coefficient (Wildman–Crippen LogP) is 3.24. The van der Waals surface area contributed by atoms with Gasteiger partial charge in [-0.05, 0) is 37.3 Å². The first kappa shape index (κ1) is 16.1. The van der Waals surface area contributed by atoms with Gasteiger partial charge in [0.25, 0.3) is 0 Å². The van der Waals surface area contributed by atoms with Crippen molar-refractivity contribution in [3.8, 4) is 10.6 Å². The summed E-state index contributed by atoms with van der Waals surface area (Å²) in [6.45, 7) is 3.81. The molecule has 25 heavy (non-hydrogen) atoms. The van der Waals surface area contributed by atoms with Crippen molar-refractivity contribution in [1.29, 1.82) is 0 Å². The van der Waals surface area contributed by atoms with Crippen LogP contribution in [0, 0.1) is 5.92 Å². The molecule has 1 fully saturated rings. The van der Waals surface area contributed by atoms with E-state index in [0.29, 0.717) is 13.2 Å². The molecular weight excluding hydrogens is 336 g/mol. The van der Waals surface area contributed by atoms with Crippen LogP contribution < -0.4 is 4.90 Å². The molecule has 0 saturated carbocycles. The number of esters is 1. The predicted molar refractivity (Wildman–Crippen MR) is 97.9 cm³/mol. The molecule has 1 unspecified atom stereocenters. The highest BCUT2D eigenvalue weighted by atomic mass is 32.1. The number of hydrogen-bond donors (Lipinski definition) is 0. The molecule has 7 heteroatoms. The van der Waals surface area contributed by atoms with Crippen LogP contribution in [0.3, 0.4) is 0 Å². The molecule has 0 amide bonds. The second-order valence-corrected chi connectivity index (χ2v) is 7.07. The van der Waals surface area contributed by atoms with Crippen molar-refractivity contribution in [3.63, 3.8) is 0 Å². The van der Waals surface area contributed by atoms with Crippen LogP contribution in [-0.4, -0.2) is 40.3 Å². The van der Waals surface area contributed by atoms with E-state index in [-0.39, 0.29) is 11.9 Å². The second kappa shape index (κ2) is 6.84. The summed E-state index contributed by atoms with van der Waals surface area (Å²) in [5.74, 6) is 0.689. The van der Waals surface area contributed by atoms with Crippen LogP contribution in [0.15, 0.2) is 36.0 Å². The summed E-state index contributed by atoms with van der Waals surface area (Å²) in [7, 11) is 0. The average Bonchev–Trinajstić information content (AvgIpc) is 3.31. The summed E-state index contributed by atoms with van der Waals surface area (Å²) in [6.07, 6.45) is 5.46. The van der Waals surface area contributed by atoms with Gasteiger partial charge in [-0.15, -0.1) is 11.3 Å². The summed E-state index contributed by atoms with van der Waals surface area (Å²) in [5.41, 5.74) is 1.92. The highest BCUT2D eigenvalue weighted by Gasteiger charge is 2.28. The van der Waals surface area contributed by atoms with Gasteiger partial charge < -0.3 is 9.64 Å². The Morgan fingerprint density at radius 3 is 3.20 bits per heavy atom. The number of carbonyl (C=O) groups excluding carboxylic acids is 1. The summed E-state index contributed by atoms with van der Waals surface area (Å²) in [5, 5.41) is 6.71. The SMILES string of the molecule is CCOC(=O)C1CCCN(c2nccn3nc(-c4cccs4)cc23)C1.